The first-order chi connectivity index (χ1) is 9.81. The molecule has 0 amide bonds. The van der Waals surface area contributed by atoms with Crippen molar-refractivity contribution in [2.75, 3.05) is 18.4 Å². The van der Waals surface area contributed by atoms with Gasteiger partial charge in [0, 0.05) is 6.54 Å². The fourth-order valence-corrected chi connectivity index (χ4v) is 2.04. The number of para-hydroxylation sites is 1. The lowest BCUT2D eigenvalue weighted by Gasteiger charge is -2.14. The Bertz CT molecular complexity index is 623. The highest BCUT2D eigenvalue weighted by atomic mass is 16.5. The van der Waals surface area contributed by atoms with Crippen molar-refractivity contribution in [2.24, 2.45) is 4.99 Å². The summed E-state index contributed by atoms with van der Waals surface area (Å²) >= 11 is 0. The number of benzene rings is 2. The van der Waals surface area contributed by atoms with Crippen LogP contribution < -0.4 is 15.4 Å². The number of aryl methyl sites for hydroxylation is 1. The zero-order valence-corrected chi connectivity index (χ0v) is 11.4. The van der Waals surface area contributed by atoms with Gasteiger partial charge in [0.15, 0.2) is 11.7 Å². The lowest BCUT2D eigenvalue weighted by molar-refractivity contribution is 0.484. The number of guanidine groups is 1. The predicted octanol–water partition coefficient (Wildman–Crippen LogP) is 3.16. The van der Waals surface area contributed by atoms with E-state index in [9.17, 15) is 0 Å². The maximum absolute atomic E-state index is 5.96. The number of nitrogens with zero attached hydrogens (tertiary/aromatic N) is 1. The largest absolute Gasteiger partial charge is 0.455 e. The molecule has 0 aromatic heterocycles. The third-order valence-corrected chi connectivity index (χ3v) is 3.04. The molecule has 3 rings (SSSR count). The van der Waals surface area contributed by atoms with Gasteiger partial charge in [-0.3, -0.25) is 4.99 Å². The van der Waals surface area contributed by atoms with Crippen LogP contribution in [0, 0.1) is 6.92 Å². The highest BCUT2D eigenvalue weighted by molar-refractivity contribution is 5.95. The van der Waals surface area contributed by atoms with Crippen LogP contribution in [0.15, 0.2) is 53.5 Å². The molecule has 20 heavy (non-hydrogen) atoms. The van der Waals surface area contributed by atoms with Gasteiger partial charge >= 0.3 is 0 Å². The molecule has 0 radical (unpaired) electrons. The molecule has 4 nitrogen and oxygen atoms in total. The molecule has 2 aromatic rings. The van der Waals surface area contributed by atoms with E-state index in [1.54, 1.807) is 0 Å². The first kappa shape index (κ1) is 12.5. The van der Waals surface area contributed by atoms with Crippen LogP contribution in [0.5, 0.6) is 11.5 Å². The van der Waals surface area contributed by atoms with Crippen molar-refractivity contribution in [3.05, 3.63) is 54.1 Å². The molecule has 1 aliphatic rings. The molecule has 4 heteroatoms. The Hall–Kier alpha value is -2.49. The van der Waals surface area contributed by atoms with E-state index >= 15 is 0 Å². The van der Waals surface area contributed by atoms with Crippen LogP contribution in [0.25, 0.3) is 0 Å². The SMILES string of the molecule is Cc1ccc(NC2=NCCN2)c(Oc2ccccc2)c1. The molecule has 0 spiro atoms. The molecular formula is C16H17N3O. The van der Waals surface area contributed by atoms with Crippen molar-refractivity contribution in [1.29, 1.82) is 0 Å². The van der Waals surface area contributed by atoms with Crippen LogP contribution in [-0.4, -0.2) is 19.0 Å². The Morgan fingerprint density at radius 2 is 2.00 bits per heavy atom. The van der Waals surface area contributed by atoms with E-state index in [-0.39, 0.29) is 0 Å². The molecule has 0 fully saturated rings. The van der Waals surface area contributed by atoms with Crippen molar-refractivity contribution in [1.82, 2.24) is 5.32 Å². The first-order valence-corrected chi connectivity index (χ1v) is 6.70. The van der Waals surface area contributed by atoms with Gasteiger partial charge in [0.25, 0.3) is 0 Å². The van der Waals surface area contributed by atoms with E-state index in [1.807, 2.05) is 49.4 Å². The number of hydrogen-bond donors (Lipinski definition) is 2. The Morgan fingerprint density at radius 1 is 1.15 bits per heavy atom. The van der Waals surface area contributed by atoms with Gasteiger partial charge in [-0.15, -0.1) is 0 Å². The van der Waals surface area contributed by atoms with Gasteiger partial charge in [-0.1, -0.05) is 24.3 Å². The maximum Gasteiger partial charge on any atom is 0.196 e. The lowest BCUT2D eigenvalue weighted by atomic mass is 10.2. The Balaban J connectivity index is 1.86. The summed E-state index contributed by atoms with van der Waals surface area (Å²) in [6.45, 7) is 3.74. The zero-order valence-electron chi connectivity index (χ0n) is 11.4. The van der Waals surface area contributed by atoms with Crippen molar-refractivity contribution in [3.63, 3.8) is 0 Å². The second kappa shape index (κ2) is 5.65. The van der Waals surface area contributed by atoms with Crippen LogP contribution in [0.1, 0.15) is 5.56 Å². The molecule has 0 aliphatic carbocycles. The number of aliphatic imine (C=N–C) groups is 1. The van der Waals surface area contributed by atoms with Crippen LogP contribution in [0.3, 0.4) is 0 Å². The minimum atomic E-state index is 0.798. The van der Waals surface area contributed by atoms with E-state index in [2.05, 4.69) is 21.7 Å². The van der Waals surface area contributed by atoms with E-state index in [4.69, 9.17) is 4.74 Å². The van der Waals surface area contributed by atoms with Crippen LogP contribution >= 0.6 is 0 Å². The molecule has 2 N–H and O–H groups in total. The fraction of sp³-hybridized carbons (Fsp3) is 0.188. The third-order valence-electron chi connectivity index (χ3n) is 3.04. The summed E-state index contributed by atoms with van der Waals surface area (Å²) in [7, 11) is 0. The molecule has 0 bridgehead atoms. The average molecular weight is 267 g/mol. The van der Waals surface area contributed by atoms with Gasteiger partial charge < -0.3 is 15.4 Å². The standard InChI is InChI=1S/C16H17N3O/c1-12-7-8-14(19-16-17-9-10-18-16)15(11-12)20-13-5-3-2-4-6-13/h2-8,11H,9-10H2,1H3,(H2,17,18,19). The minimum absolute atomic E-state index is 0.798. The van der Waals surface area contributed by atoms with Gasteiger partial charge in [0.05, 0.1) is 12.2 Å². The zero-order chi connectivity index (χ0) is 13.8. The van der Waals surface area contributed by atoms with Crippen molar-refractivity contribution < 1.29 is 4.74 Å². The van der Waals surface area contributed by atoms with Crippen molar-refractivity contribution in [3.8, 4) is 11.5 Å². The van der Waals surface area contributed by atoms with Gasteiger partial charge in [0.1, 0.15) is 5.75 Å². The Morgan fingerprint density at radius 3 is 2.75 bits per heavy atom. The molecule has 0 saturated carbocycles. The quantitative estimate of drug-likeness (QED) is 0.898. The number of anilines is 1. The molecule has 0 atom stereocenters. The monoisotopic (exact) mass is 267 g/mol. The summed E-state index contributed by atoms with van der Waals surface area (Å²) in [6, 6.07) is 15.9. The van der Waals surface area contributed by atoms with Crippen LogP contribution in [0.2, 0.25) is 0 Å². The minimum Gasteiger partial charge on any atom is -0.455 e. The molecule has 1 heterocycles. The second-order valence-corrected chi connectivity index (χ2v) is 4.70. The molecule has 102 valence electrons. The first-order valence-electron chi connectivity index (χ1n) is 6.70. The lowest BCUT2D eigenvalue weighted by Crippen LogP contribution is -2.26. The predicted molar refractivity (Wildman–Crippen MR) is 81.6 cm³/mol. The number of rotatable bonds is 3. The number of hydrogen-bond acceptors (Lipinski definition) is 4. The van der Waals surface area contributed by atoms with Crippen LogP contribution in [0.4, 0.5) is 5.69 Å². The molecule has 2 aromatic carbocycles. The van der Waals surface area contributed by atoms with Gasteiger partial charge in [-0.25, -0.2) is 0 Å². The molecule has 0 saturated heterocycles. The fourth-order valence-electron chi connectivity index (χ4n) is 2.04. The number of nitrogens with one attached hydrogen (secondary N) is 2. The smallest absolute Gasteiger partial charge is 0.196 e. The summed E-state index contributed by atoms with van der Waals surface area (Å²) in [5.41, 5.74) is 2.07. The van der Waals surface area contributed by atoms with Gasteiger partial charge in [-0.2, -0.15) is 0 Å². The maximum atomic E-state index is 5.96. The molecule has 1 aliphatic heterocycles. The summed E-state index contributed by atoms with van der Waals surface area (Å²) in [6.07, 6.45) is 0. The summed E-state index contributed by atoms with van der Waals surface area (Å²) < 4.78 is 5.96. The second-order valence-electron chi connectivity index (χ2n) is 4.70. The van der Waals surface area contributed by atoms with Crippen molar-refractivity contribution in [2.45, 2.75) is 6.92 Å². The third kappa shape index (κ3) is 2.91. The Labute approximate surface area is 118 Å². The van der Waals surface area contributed by atoms with Crippen LogP contribution in [-0.2, 0) is 0 Å². The number of ether oxygens (including phenoxy) is 1. The molecule has 0 unspecified atom stereocenters. The highest BCUT2D eigenvalue weighted by Crippen LogP contribution is 2.30. The summed E-state index contributed by atoms with van der Waals surface area (Å²) in [5.74, 6) is 2.42. The summed E-state index contributed by atoms with van der Waals surface area (Å²) in [4.78, 5) is 4.34. The van der Waals surface area contributed by atoms with E-state index < -0.39 is 0 Å². The summed E-state index contributed by atoms with van der Waals surface area (Å²) in [5, 5.41) is 6.46. The normalized spacial score (nSPS) is 13.6. The van der Waals surface area contributed by atoms with E-state index in [0.717, 1.165) is 41.8 Å². The van der Waals surface area contributed by atoms with E-state index in [0.29, 0.717) is 0 Å². The van der Waals surface area contributed by atoms with Gasteiger partial charge in [0.2, 0.25) is 0 Å². The highest BCUT2D eigenvalue weighted by Gasteiger charge is 2.10. The van der Waals surface area contributed by atoms with Crippen molar-refractivity contribution >= 4 is 11.6 Å². The average Bonchev–Trinajstić information content (AvgIpc) is 2.96. The topological polar surface area (TPSA) is 45.7 Å². The Kier molecular flexibility index (Phi) is 3.54. The van der Waals surface area contributed by atoms with E-state index in [1.165, 1.54) is 0 Å². The molecular weight excluding hydrogens is 250 g/mol. The van der Waals surface area contributed by atoms with Gasteiger partial charge in [-0.05, 0) is 36.8 Å².